The van der Waals surface area contributed by atoms with Crippen LogP contribution < -0.4 is 4.18 Å². The van der Waals surface area contributed by atoms with E-state index in [4.69, 9.17) is 8.74 Å². The van der Waals surface area contributed by atoms with E-state index in [1.807, 2.05) is 0 Å². The third-order valence-corrected chi connectivity index (χ3v) is 7.83. The molecule has 0 spiro atoms. The van der Waals surface area contributed by atoms with E-state index in [-0.39, 0.29) is 8.47 Å². The number of alkyl halides is 2. The summed E-state index contributed by atoms with van der Waals surface area (Å²) >= 11 is 3.43. The lowest BCUT2D eigenvalue weighted by molar-refractivity contribution is -0.00961. The van der Waals surface area contributed by atoms with Gasteiger partial charge < -0.3 is 8.92 Å². The second-order valence-electron chi connectivity index (χ2n) is 5.74. The van der Waals surface area contributed by atoms with Crippen LogP contribution in [0.1, 0.15) is 15.9 Å². The zero-order valence-electron chi connectivity index (χ0n) is 15.1. The maximum absolute atomic E-state index is 13.4. The molecule has 2 aromatic rings. The van der Waals surface area contributed by atoms with Crippen LogP contribution in [-0.4, -0.2) is 39.2 Å². The van der Waals surface area contributed by atoms with Gasteiger partial charge in [-0.3, -0.25) is 4.55 Å². The summed E-state index contributed by atoms with van der Waals surface area (Å²) in [6.07, 6.45) is 1.30. The number of esters is 1. The normalized spacial score (nSPS) is 12.3. The Labute approximate surface area is 203 Å². The lowest BCUT2D eigenvalue weighted by atomic mass is 10.1. The molecule has 8 nitrogen and oxygen atoms in total. The van der Waals surface area contributed by atoms with Gasteiger partial charge >= 0.3 is 31.5 Å². The van der Waals surface area contributed by atoms with Crippen molar-refractivity contribution in [1.29, 1.82) is 0 Å². The highest BCUT2D eigenvalue weighted by Crippen LogP contribution is 2.33. The Morgan fingerprint density at radius 1 is 1.13 bits per heavy atom. The molecule has 0 radical (unpaired) electrons. The summed E-state index contributed by atoms with van der Waals surface area (Å²) in [5.41, 5.74) is -0.264. The van der Waals surface area contributed by atoms with E-state index in [0.717, 1.165) is 6.07 Å². The average Bonchev–Trinajstić information content (AvgIpc) is 2.66. The SMILES string of the molecule is C=Cc1cc(I)c(OS(=O)(=O)c2ccccc2I)c(C(=O)OCC(F)(F)S(=O)(=O)O)c1. The van der Waals surface area contributed by atoms with Gasteiger partial charge in [-0.05, 0) is 75.0 Å². The fourth-order valence-corrected chi connectivity index (χ4v) is 5.43. The first-order chi connectivity index (χ1) is 14.2. The van der Waals surface area contributed by atoms with Crippen LogP contribution in [0.4, 0.5) is 8.78 Å². The molecule has 0 bridgehead atoms. The van der Waals surface area contributed by atoms with Crippen LogP contribution in [0.5, 0.6) is 5.75 Å². The van der Waals surface area contributed by atoms with Crippen LogP contribution in [0, 0.1) is 7.14 Å². The summed E-state index contributed by atoms with van der Waals surface area (Å²) in [5, 5.41) is -4.76. The fourth-order valence-electron chi connectivity index (χ4n) is 2.07. The molecular formula is C17H12F2I2O8S2. The number of rotatable bonds is 8. The molecule has 0 aliphatic carbocycles. The third kappa shape index (κ3) is 6.11. The molecule has 168 valence electrons. The first-order valence-corrected chi connectivity index (χ1v) is 12.9. The molecule has 31 heavy (non-hydrogen) atoms. The van der Waals surface area contributed by atoms with E-state index in [0.29, 0.717) is 9.13 Å². The van der Waals surface area contributed by atoms with Crippen LogP contribution in [0.2, 0.25) is 0 Å². The summed E-state index contributed by atoms with van der Waals surface area (Å²) in [7, 11) is -10.3. The van der Waals surface area contributed by atoms with E-state index < -0.39 is 49.4 Å². The second-order valence-corrected chi connectivity index (χ2v) is 11.1. The molecule has 0 amide bonds. The lowest BCUT2D eigenvalue weighted by Gasteiger charge is -2.16. The number of carbonyl (C=O) groups excluding carboxylic acids is 1. The summed E-state index contributed by atoms with van der Waals surface area (Å²) in [4.78, 5) is 12.2. The van der Waals surface area contributed by atoms with Gasteiger partial charge in [-0.2, -0.15) is 25.6 Å². The van der Waals surface area contributed by atoms with E-state index in [1.165, 1.54) is 30.3 Å². The summed E-state index contributed by atoms with van der Waals surface area (Å²) < 4.78 is 92.0. The van der Waals surface area contributed by atoms with Crippen molar-refractivity contribution in [2.24, 2.45) is 0 Å². The van der Waals surface area contributed by atoms with Gasteiger partial charge in [-0.25, -0.2) is 4.79 Å². The molecule has 2 aromatic carbocycles. The molecule has 0 saturated heterocycles. The highest BCUT2D eigenvalue weighted by Gasteiger charge is 2.46. The second kappa shape index (κ2) is 9.63. The predicted octanol–water partition coefficient (Wildman–Crippen LogP) is 3.94. The highest BCUT2D eigenvalue weighted by atomic mass is 127. The van der Waals surface area contributed by atoms with Crippen LogP contribution in [0.15, 0.2) is 47.9 Å². The molecule has 0 atom stereocenters. The van der Waals surface area contributed by atoms with Crippen molar-refractivity contribution in [3.8, 4) is 5.75 Å². The number of halogens is 4. The Balaban J connectivity index is 2.49. The number of hydrogen-bond donors (Lipinski definition) is 1. The summed E-state index contributed by atoms with van der Waals surface area (Å²) in [6.45, 7) is 1.51. The largest absolute Gasteiger partial charge is 0.454 e. The van der Waals surface area contributed by atoms with Gasteiger partial charge in [0, 0.05) is 3.57 Å². The minimum absolute atomic E-state index is 0.109. The molecule has 2 rings (SSSR count). The van der Waals surface area contributed by atoms with Gasteiger partial charge in [0.15, 0.2) is 12.4 Å². The van der Waals surface area contributed by atoms with Crippen LogP contribution in [0.25, 0.3) is 6.08 Å². The molecule has 14 heteroatoms. The van der Waals surface area contributed by atoms with Crippen molar-refractivity contribution in [2.45, 2.75) is 10.2 Å². The van der Waals surface area contributed by atoms with E-state index in [1.54, 1.807) is 51.2 Å². The van der Waals surface area contributed by atoms with Crippen molar-refractivity contribution >= 4 is 77.5 Å². The minimum Gasteiger partial charge on any atom is -0.454 e. The first kappa shape index (κ1) is 25.9. The molecule has 0 fully saturated rings. The zero-order valence-corrected chi connectivity index (χ0v) is 21.0. The van der Waals surface area contributed by atoms with Crippen molar-refractivity contribution in [2.75, 3.05) is 6.61 Å². The van der Waals surface area contributed by atoms with Gasteiger partial charge in [-0.15, -0.1) is 0 Å². The topological polar surface area (TPSA) is 124 Å². The summed E-state index contributed by atoms with van der Waals surface area (Å²) in [6, 6.07) is 8.32. The van der Waals surface area contributed by atoms with Crippen molar-refractivity contribution in [3.63, 3.8) is 0 Å². The van der Waals surface area contributed by atoms with Gasteiger partial charge in [0.05, 0.1) is 3.57 Å². The van der Waals surface area contributed by atoms with E-state index in [2.05, 4.69) is 11.3 Å². The molecule has 1 N–H and O–H groups in total. The number of hydrogen-bond acceptors (Lipinski definition) is 7. The Hall–Kier alpha value is -1.37. The molecule has 0 unspecified atom stereocenters. The van der Waals surface area contributed by atoms with Gasteiger partial charge in [-0.1, -0.05) is 24.8 Å². The third-order valence-electron chi connectivity index (χ3n) is 3.57. The highest BCUT2D eigenvalue weighted by molar-refractivity contribution is 14.1. The van der Waals surface area contributed by atoms with Crippen LogP contribution in [0.3, 0.4) is 0 Å². The quantitative estimate of drug-likeness (QED) is 0.190. The lowest BCUT2D eigenvalue weighted by Crippen LogP contribution is -2.34. The van der Waals surface area contributed by atoms with E-state index in [9.17, 15) is 30.4 Å². The maximum Gasteiger partial charge on any atom is 0.402 e. The Bertz CT molecular complexity index is 1240. The smallest absolute Gasteiger partial charge is 0.402 e. The van der Waals surface area contributed by atoms with Crippen molar-refractivity contribution in [3.05, 3.63) is 61.2 Å². The van der Waals surface area contributed by atoms with Crippen molar-refractivity contribution in [1.82, 2.24) is 0 Å². The van der Waals surface area contributed by atoms with Gasteiger partial charge in [0.25, 0.3) is 0 Å². The standard InChI is InChI=1S/C17H12F2I2O8S2/c1-2-10-7-11(16(22)28-9-17(18,19)31(25,26)27)15(13(21)8-10)29-30(23,24)14-6-4-3-5-12(14)20/h2-8H,1,9H2,(H,25,26,27). The average molecular weight is 700 g/mol. The maximum atomic E-state index is 13.4. The van der Waals surface area contributed by atoms with Crippen molar-refractivity contribution < 1.29 is 43.9 Å². The molecule has 0 saturated carbocycles. The summed E-state index contributed by atoms with van der Waals surface area (Å²) in [5.74, 6) is -2.01. The first-order valence-electron chi connectivity index (χ1n) is 7.86. The molecule has 0 aliphatic rings. The molecule has 0 aliphatic heterocycles. The van der Waals surface area contributed by atoms with E-state index >= 15 is 0 Å². The van der Waals surface area contributed by atoms with Gasteiger partial charge in [0.1, 0.15) is 10.5 Å². The Kier molecular flexibility index (Phi) is 8.05. The fraction of sp³-hybridized carbons (Fsp3) is 0.118. The minimum atomic E-state index is -5.84. The Morgan fingerprint density at radius 3 is 2.29 bits per heavy atom. The number of benzene rings is 2. The molecule has 0 heterocycles. The zero-order chi connectivity index (χ0) is 23.6. The molecular weight excluding hydrogens is 688 g/mol. The van der Waals surface area contributed by atoms with Gasteiger partial charge in [0.2, 0.25) is 0 Å². The van der Waals surface area contributed by atoms with Crippen LogP contribution >= 0.6 is 45.2 Å². The molecule has 0 aromatic heterocycles. The Morgan fingerprint density at radius 2 is 1.74 bits per heavy atom. The number of carbonyl (C=O) groups is 1. The predicted molar refractivity (Wildman–Crippen MR) is 123 cm³/mol. The number of ether oxygens (including phenoxy) is 1. The monoisotopic (exact) mass is 700 g/mol. The van der Waals surface area contributed by atoms with Crippen LogP contribution in [-0.2, 0) is 25.0 Å².